The van der Waals surface area contributed by atoms with E-state index < -0.39 is 30.0 Å². The largest absolute Gasteiger partial charge is 0.407 e. The average molecular weight is 631 g/mol. The monoisotopic (exact) mass is 630 g/mol. The summed E-state index contributed by atoms with van der Waals surface area (Å²) >= 11 is 2.36. The van der Waals surface area contributed by atoms with Gasteiger partial charge in [0.05, 0.1) is 10.5 Å². The molecule has 2 aliphatic carbocycles. The van der Waals surface area contributed by atoms with Gasteiger partial charge in [-0.25, -0.2) is 0 Å². The van der Waals surface area contributed by atoms with Crippen LogP contribution in [0.25, 0.3) is 0 Å². The molecule has 1 saturated carbocycles. The molecule has 7 heteroatoms. The van der Waals surface area contributed by atoms with Gasteiger partial charge in [-0.05, 0) is 102 Å². The zero-order valence-electron chi connectivity index (χ0n) is 22.4. The fourth-order valence-electron chi connectivity index (χ4n) is 5.96. The molecule has 0 amide bonds. The van der Waals surface area contributed by atoms with Crippen LogP contribution in [0.3, 0.4) is 0 Å². The molecule has 0 aromatic heterocycles. The van der Waals surface area contributed by atoms with Crippen molar-refractivity contribution in [1.29, 1.82) is 0 Å². The molecule has 0 bridgehead atoms. The van der Waals surface area contributed by atoms with Gasteiger partial charge in [0.15, 0.2) is 8.32 Å². The molecule has 3 rings (SSSR count). The summed E-state index contributed by atoms with van der Waals surface area (Å²) in [5, 5.41) is -0.0399. The third-order valence-corrected chi connectivity index (χ3v) is 15.2. The molecular weight excluding hydrogens is 587 g/mol. The van der Waals surface area contributed by atoms with Crippen LogP contribution in [0, 0.1) is 15.4 Å². The zero-order valence-corrected chi connectivity index (χ0v) is 26.4. The van der Waals surface area contributed by atoms with Crippen molar-refractivity contribution < 1.29 is 17.4 Å². The Morgan fingerprint density at radius 3 is 2.26 bits per heavy atom. The molecule has 0 heterocycles. The number of hydrogen-bond donors (Lipinski definition) is 1. The Kier molecular flexibility index (Phi) is 8.90. The van der Waals surface area contributed by atoms with Crippen LogP contribution in [0.5, 0.6) is 0 Å². The first-order valence-electron chi connectivity index (χ1n) is 13.0. The van der Waals surface area contributed by atoms with E-state index in [-0.39, 0.29) is 21.8 Å². The van der Waals surface area contributed by atoms with E-state index >= 15 is 0 Å². The molecule has 35 heavy (non-hydrogen) atoms. The third kappa shape index (κ3) is 5.69. The van der Waals surface area contributed by atoms with Crippen LogP contribution in [0.15, 0.2) is 46.9 Å². The second-order valence-corrected chi connectivity index (χ2v) is 19.2. The Balaban J connectivity index is 2.37. The lowest BCUT2D eigenvalue weighted by molar-refractivity contribution is -0.0346. The van der Waals surface area contributed by atoms with Gasteiger partial charge in [0.1, 0.15) is 0 Å². The van der Waals surface area contributed by atoms with Gasteiger partial charge in [0.2, 0.25) is 0 Å². The molecule has 2 aliphatic rings. The van der Waals surface area contributed by atoms with Crippen molar-refractivity contribution in [3.05, 3.63) is 56.0 Å². The van der Waals surface area contributed by atoms with Gasteiger partial charge < -0.3 is 4.43 Å². The maximum atomic E-state index is 13.0. The fraction of sp³-hybridized carbons (Fsp3) is 0.643. The molecule has 1 fully saturated rings. The normalized spacial score (nSPS) is 25.7. The van der Waals surface area contributed by atoms with Gasteiger partial charge in [-0.1, -0.05) is 71.2 Å². The molecule has 0 radical (unpaired) electrons. The van der Waals surface area contributed by atoms with E-state index in [2.05, 4.69) is 82.4 Å². The predicted octanol–water partition coefficient (Wildman–Crippen LogP) is 8.47. The van der Waals surface area contributed by atoms with Gasteiger partial charge in [0, 0.05) is 9.49 Å². The van der Waals surface area contributed by atoms with Crippen LogP contribution in [-0.4, -0.2) is 26.9 Å². The molecule has 0 spiro atoms. The lowest BCUT2D eigenvalue weighted by atomic mass is 9.60. The van der Waals surface area contributed by atoms with Gasteiger partial charge >= 0.3 is 0 Å². The third-order valence-electron chi connectivity index (χ3n) is 8.77. The van der Waals surface area contributed by atoms with E-state index in [4.69, 9.17) is 4.43 Å². The van der Waals surface area contributed by atoms with Crippen molar-refractivity contribution in [2.75, 3.05) is 0 Å². The highest BCUT2D eigenvalue weighted by atomic mass is 127. The Hall–Kier alpha value is -0.483. The topological polar surface area (TPSA) is 63.6 Å². The van der Waals surface area contributed by atoms with Crippen LogP contribution in [-0.2, 0) is 14.5 Å². The SMILES string of the molecule is CC[C@@H](c1ccccc1I)C1C(S(=O)(=O)O)=CC=C(C)[C@]1(O[Si](C)(C)C(C)(C)C)C1CCCCC1. The highest BCUT2D eigenvalue weighted by Crippen LogP contribution is 2.57. The highest BCUT2D eigenvalue weighted by molar-refractivity contribution is 14.1. The van der Waals surface area contributed by atoms with Gasteiger partial charge in [-0.15, -0.1) is 0 Å². The summed E-state index contributed by atoms with van der Waals surface area (Å²) in [6.45, 7) is 15.5. The minimum absolute atomic E-state index is 0.0399. The maximum Gasteiger partial charge on any atom is 0.291 e. The average Bonchev–Trinajstić information content (AvgIpc) is 2.76. The zero-order chi connectivity index (χ0) is 26.2. The van der Waals surface area contributed by atoms with Crippen molar-refractivity contribution in [3.63, 3.8) is 0 Å². The van der Waals surface area contributed by atoms with Crippen LogP contribution >= 0.6 is 22.6 Å². The van der Waals surface area contributed by atoms with E-state index in [1.54, 1.807) is 6.08 Å². The van der Waals surface area contributed by atoms with Gasteiger partial charge in [0.25, 0.3) is 10.1 Å². The van der Waals surface area contributed by atoms with Crippen molar-refractivity contribution in [3.8, 4) is 0 Å². The molecule has 1 N–H and O–H groups in total. The van der Waals surface area contributed by atoms with E-state index in [0.29, 0.717) is 0 Å². The second kappa shape index (κ2) is 10.7. The Morgan fingerprint density at radius 2 is 1.74 bits per heavy atom. The summed E-state index contributed by atoms with van der Waals surface area (Å²) in [5.41, 5.74) is 1.45. The first-order chi connectivity index (χ1) is 16.2. The summed E-state index contributed by atoms with van der Waals surface area (Å²) in [7, 11) is -6.77. The van der Waals surface area contributed by atoms with Crippen molar-refractivity contribution in [1.82, 2.24) is 0 Å². The number of hydrogen-bond acceptors (Lipinski definition) is 3. The van der Waals surface area contributed by atoms with E-state index in [9.17, 15) is 13.0 Å². The molecule has 3 atom stereocenters. The van der Waals surface area contributed by atoms with E-state index in [1.807, 2.05) is 18.2 Å². The molecule has 0 aliphatic heterocycles. The first kappa shape index (κ1) is 29.1. The summed E-state index contributed by atoms with van der Waals surface area (Å²) in [6, 6.07) is 8.24. The quantitative estimate of drug-likeness (QED) is 0.187. The summed E-state index contributed by atoms with van der Waals surface area (Å²) in [6.07, 6.45) is 9.77. The highest BCUT2D eigenvalue weighted by Gasteiger charge is 2.58. The number of allylic oxidation sites excluding steroid dienone is 2. The number of halogens is 1. The minimum atomic E-state index is -4.43. The van der Waals surface area contributed by atoms with Crippen LogP contribution in [0.4, 0.5) is 0 Å². The number of rotatable bonds is 7. The molecule has 1 aromatic rings. The number of benzene rings is 1. The standard InChI is InChI=1S/C28H43IO4SSi/c1-8-22(23-16-12-13-17-24(23)29)26-25(34(30,31)32)19-18-20(2)28(26,21-14-10-9-11-15-21)33-35(6,7)27(3,4)5/h12-13,16-19,21-22,26H,8-11,14-15H2,1-7H3,(H,30,31,32)/t22-,26?,28-/m0/s1. The molecular formula is C28H43IO4SSi. The Labute approximate surface area is 228 Å². The lowest BCUT2D eigenvalue weighted by Crippen LogP contribution is -2.60. The molecule has 1 unspecified atom stereocenters. The second-order valence-electron chi connectivity index (χ2n) is 11.9. The minimum Gasteiger partial charge on any atom is -0.407 e. The van der Waals surface area contributed by atoms with Crippen LogP contribution in [0.2, 0.25) is 18.1 Å². The van der Waals surface area contributed by atoms with E-state index in [1.165, 1.54) is 6.42 Å². The summed E-state index contributed by atoms with van der Waals surface area (Å²) < 4.78 is 45.2. The molecule has 4 nitrogen and oxygen atoms in total. The fourth-order valence-corrected chi connectivity index (χ4v) is 9.26. The maximum absolute atomic E-state index is 13.0. The van der Waals surface area contributed by atoms with Gasteiger partial charge in [-0.3, -0.25) is 4.55 Å². The molecule has 1 aromatic carbocycles. The van der Waals surface area contributed by atoms with Crippen molar-refractivity contribution >= 4 is 41.0 Å². The summed E-state index contributed by atoms with van der Waals surface area (Å²) in [4.78, 5) is 0.110. The smallest absolute Gasteiger partial charge is 0.291 e. The lowest BCUT2D eigenvalue weighted by Gasteiger charge is -2.57. The van der Waals surface area contributed by atoms with Crippen molar-refractivity contribution in [2.24, 2.45) is 11.8 Å². The van der Waals surface area contributed by atoms with E-state index in [0.717, 1.165) is 46.8 Å². The Bertz CT molecular complexity index is 1080. The summed E-state index contributed by atoms with van der Waals surface area (Å²) in [5.74, 6) is -0.389. The molecule has 0 saturated heterocycles. The van der Waals surface area contributed by atoms with Crippen molar-refractivity contribution in [2.45, 2.75) is 103 Å². The molecule has 196 valence electrons. The predicted molar refractivity (Wildman–Crippen MR) is 157 cm³/mol. The van der Waals surface area contributed by atoms with Gasteiger partial charge in [-0.2, -0.15) is 8.42 Å². The Morgan fingerprint density at radius 1 is 1.14 bits per heavy atom. The first-order valence-corrected chi connectivity index (χ1v) is 18.4. The van der Waals surface area contributed by atoms with Crippen LogP contribution in [0.1, 0.15) is 84.6 Å². The van der Waals surface area contributed by atoms with Crippen LogP contribution < -0.4 is 0 Å².